The molecular weight excluding hydrogens is 258 g/mol. The van der Waals surface area contributed by atoms with Crippen LogP contribution in [0.25, 0.3) is 6.08 Å². The summed E-state index contributed by atoms with van der Waals surface area (Å²) in [5.41, 5.74) is 3.47. The van der Waals surface area contributed by atoms with Gasteiger partial charge in [0, 0.05) is 5.88 Å². The fourth-order valence-corrected chi connectivity index (χ4v) is 2.08. The van der Waals surface area contributed by atoms with Crippen LogP contribution < -0.4 is 4.74 Å². The first kappa shape index (κ1) is 15.0. The molecule has 0 aliphatic carbocycles. The van der Waals surface area contributed by atoms with E-state index in [1.54, 1.807) is 13.8 Å². The van der Waals surface area contributed by atoms with E-state index in [0.717, 1.165) is 17.6 Å². The molecule has 1 rings (SSSR count). The Balaban J connectivity index is 3.10. The van der Waals surface area contributed by atoms with Gasteiger partial charge in [0.2, 0.25) is 0 Å². The first-order valence-electron chi connectivity index (χ1n) is 5.79. The van der Waals surface area contributed by atoms with E-state index in [4.69, 9.17) is 11.6 Å². The van der Waals surface area contributed by atoms with Crippen LogP contribution in [-0.2, 0) is 0 Å². The first-order valence-corrected chi connectivity index (χ1v) is 6.32. The minimum atomic E-state index is -2.79. The molecular formula is C14H17ClF2O. The molecule has 4 heteroatoms. The maximum absolute atomic E-state index is 12.2. The van der Waals surface area contributed by atoms with Gasteiger partial charge < -0.3 is 4.74 Å². The number of allylic oxidation sites excluding steroid dienone is 1. The van der Waals surface area contributed by atoms with Crippen molar-refractivity contribution in [2.75, 3.05) is 5.88 Å². The predicted molar refractivity (Wildman–Crippen MR) is 71.5 cm³/mol. The lowest BCUT2D eigenvalue weighted by molar-refractivity contribution is -0.0507. The van der Waals surface area contributed by atoms with Crippen molar-refractivity contribution in [1.82, 2.24) is 0 Å². The zero-order valence-corrected chi connectivity index (χ0v) is 11.5. The van der Waals surface area contributed by atoms with Crippen molar-refractivity contribution in [3.63, 3.8) is 0 Å². The van der Waals surface area contributed by atoms with Gasteiger partial charge in [0.25, 0.3) is 0 Å². The van der Waals surface area contributed by atoms with Crippen LogP contribution in [0.1, 0.15) is 30.0 Å². The zero-order chi connectivity index (χ0) is 13.7. The van der Waals surface area contributed by atoms with Gasteiger partial charge in [-0.15, -0.1) is 11.6 Å². The van der Waals surface area contributed by atoms with E-state index in [-0.39, 0.29) is 5.75 Å². The summed E-state index contributed by atoms with van der Waals surface area (Å²) in [6.45, 7) is 2.75. The highest BCUT2D eigenvalue weighted by molar-refractivity contribution is 6.19. The lowest BCUT2D eigenvalue weighted by Gasteiger charge is -2.12. The third kappa shape index (κ3) is 3.98. The Bertz CT molecular complexity index is 412. The van der Waals surface area contributed by atoms with E-state index in [2.05, 4.69) is 4.74 Å². The summed E-state index contributed by atoms with van der Waals surface area (Å²) in [6, 6.07) is 3.65. The topological polar surface area (TPSA) is 9.23 Å². The minimum absolute atomic E-state index is 0.256. The quantitative estimate of drug-likeness (QED) is 0.691. The SMILES string of the molecule is CCC(=Cc1cc(C)c(OC(F)F)c(C)c1)CCl. The summed E-state index contributed by atoms with van der Waals surface area (Å²) in [6.07, 6.45) is 2.86. The van der Waals surface area contributed by atoms with E-state index < -0.39 is 6.61 Å². The number of ether oxygens (including phenoxy) is 1. The van der Waals surface area contributed by atoms with Crippen molar-refractivity contribution in [3.8, 4) is 5.75 Å². The number of hydrogen-bond donors (Lipinski definition) is 0. The van der Waals surface area contributed by atoms with Crippen LogP contribution in [0.4, 0.5) is 8.78 Å². The molecule has 18 heavy (non-hydrogen) atoms. The summed E-state index contributed by atoms with van der Waals surface area (Å²) in [4.78, 5) is 0. The molecule has 0 aromatic heterocycles. The lowest BCUT2D eigenvalue weighted by atomic mass is 10.0. The fraction of sp³-hybridized carbons (Fsp3) is 0.429. The van der Waals surface area contributed by atoms with E-state index in [9.17, 15) is 8.78 Å². The zero-order valence-electron chi connectivity index (χ0n) is 10.8. The number of aryl methyl sites for hydroxylation is 2. The van der Waals surface area contributed by atoms with Crippen LogP contribution in [0.3, 0.4) is 0 Å². The van der Waals surface area contributed by atoms with Crippen molar-refractivity contribution >= 4 is 17.7 Å². The third-order valence-corrected chi connectivity index (χ3v) is 3.03. The van der Waals surface area contributed by atoms with Gasteiger partial charge in [-0.25, -0.2) is 0 Å². The second kappa shape index (κ2) is 6.74. The molecule has 0 fully saturated rings. The van der Waals surface area contributed by atoms with Gasteiger partial charge in [-0.1, -0.05) is 18.6 Å². The standard InChI is InChI=1S/C14H17ClF2O/c1-4-11(8-15)7-12-5-9(2)13(10(3)6-12)18-14(16)17/h5-7,14H,4,8H2,1-3H3. The molecule has 0 atom stereocenters. The molecule has 1 nitrogen and oxygen atoms in total. The molecule has 0 amide bonds. The molecule has 0 saturated carbocycles. The van der Waals surface area contributed by atoms with Crippen molar-refractivity contribution < 1.29 is 13.5 Å². The molecule has 0 spiro atoms. The highest BCUT2D eigenvalue weighted by Crippen LogP contribution is 2.27. The fourth-order valence-electron chi connectivity index (χ4n) is 1.81. The Kier molecular flexibility index (Phi) is 5.60. The largest absolute Gasteiger partial charge is 0.434 e. The number of benzene rings is 1. The third-order valence-electron chi connectivity index (χ3n) is 2.69. The van der Waals surface area contributed by atoms with Gasteiger partial charge in [-0.3, -0.25) is 0 Å². The van der Waals surface area contributed by atoms with Gasteiger partial charge in [-0.2, -0.15) is 8.78 Å². The molecule has 0 aliphatic heterocycles. The van der Waals surface area contributed by atoms with Crippen LogP contribution in [0.15, 0.2) is 17.7 Å². The lowest BCUT2D eigenvalue weighted by Crippen LogP contribution is -2.05. The highest BCUT2D eigenvalue weighted by Gasteiger charge is 2.11. The number of rotatable bonds is 5. The Hall–Kier alpha value is -1.09. The Morgan fingerprint density at radius 1 is 1.33 bits per heavy atom. The molecule has 0 radical (unpaired) electrons. The van der Waals surface area contributed by atoms with Crippen LogP contribution in [0.5, 0.6) is 5.75 Å². The second-order valence-corrected chi connectivity index (χ2v) is 4.42. The molecule has 0 heterocycles. The van der Waals surface area contributed by atoms with E-state index >= 15 is 0 Å². The molecule has 100 valence electrons. The van der Waals surface area contributed by atoms with Crippen LogP contribution >= 0.6 is 11.6 Å². The van der Waals surface area contributed by atoms with Crippen LogP contribution in [-0.4, -0.2) is 12.5 Å². The number of halogens is 3. The smallest absolute Gasteiger partial charge is 0.387 e. The van der Waals surface area contributed by atoms with Crippen molar-refractivity contribution in [3.05, 3.63) is 34.4 Å². The van der Waals surface area contributed by atoms with E-state index in [0.29, 0.717) is 17.0 Å². The highest BCUT2D eigenvalue weighted by atomic mass is 35.5. The van der Waals surface area contributed by atoms with Gasteiger partial charge in [0.05, 0.1) is 0 Å². The van der Waals surface area contributed by atoms with Crippen molar-refractivity contribution in [2.24, 2.45) is 0 Å². The van der Waals surface area contributed by atoms with Gasteiger partial charge >= 0.3 is 6.61 Å². The predicted octanol–water partition coefficient (Wildman–Crippen LogP) is 4.94. The molecule has 0 N–H and O–H groups in total. The Labute approximate surface area is 111 Å². The normalized spacial score (nSPS) is 12.1. The average Bonchev–Trinajstić information content (AvgIpc) is 2.30. The molecule has 1 aromatic rings. The monoisotopic (exact) mass is 274 g/mol. The minimum Gasteiger partial charge on any atom is -0.434 e. The maximum atomic E-state index is 12.2. The van der Waals surface area contributed by atoms with Crippen molar-refractivity contribution in [2.45, 2.75) is 33.8 Å². The first-order chi connectivity index (χ1) is 8.47. The Morgan fingerprint density at radius 2 is 1.89 bits per heavy atom. The summed E-state index contributed by atoms with van der Waals surface area (Å²) < 4.78 is 29.0. The van der Waals surface area contributed by atoms with E-state index in [1.807, 2.05) is 25.1 Å². The second-order valence-electron chi connectivity index (χ2n) is 4.15. The summed E-state index contributed by atoms with van der Waals surface area (Å²) in [5.74, 6) is 0.732. The summed E-state index contributed by atoms with van der Waals surface area (Å²) >= 11 is 5.81. The number of hydrogen-bond acceptors (Lipinski definition) is 1. The Morgan fingerprint density at radius 3 is 2.28 bits per heavy atom. The van der Waals surface area contributed by atoms with Gasteiger partial charge in [0.1, 0.15) is 5.75 Å². The molecule has 0 unspecified atom stereocenters. The van der Waals surface area contributed by atoms with Gasteiger partial charge in [0.15, 0.2) is 0 Å². The summed E-state index contributed by atoms with van der Waals surface area (Å²) in [5, 5.41) is 0. The van der Waals surface area contributed by atoms with Gasteiger partial charge in [-0.05, 0) is 49.1 Å². The number of alkyl halides is 3. The maximum Gasteiger partial charge on any atom is 0.387 e. The van der Waals surface area contributed by atoms with E-state index in [1.165, 1.54) is 0 Å². The molecule has 0 aliphatic rings. The summed E-state index contributed by atoms with van der Waals surface area (Å²) in [7, 11) is 0. The average molecular weight is 275 g/mol. The molecule has 0 bridgehead atoms. The molecule has 0 saturated heterocycles. The van der Waals surface area contributed by atoms with Crippen molar-refractivity contribution in [1.29, 1.82) is 0 Å². The molecule has 1 aromatic carbocycles. The van der Waals surface area contributed by atoms with Crippen LogP contribution in [0.2, 0.25) is 0 Å². The van der Waals surface area contributed by atoms with Crippen LogP contribution in [0, 0.1) is 13.8 Å².